The molecule has 1 aliphatic heterocycles. The lowest BCUT2D eigenvalue weighted by Crippen LogP contribution is -2.44. The highest BCUT2D eigenvalue weighted by molar-refractivity contribution is 7.09. The number of nitrogens with one attached hydrogen (secondary N) is 1. The van der Waals surface area contributed by atoms with Gasteiger partial charge in [-0.2, -0.15) is 0 Å². The molecule has 0 radical (unpaired) electrons. The second-order valence-corrected chi connectivity index (χ2v) is 8.16. The molecule has 0 spiro atoms. The molecule has 1 fully saturated rings. The zero-order chi connectivity index (χ0) is 20.1. The minimum absolute atomic E-state index is 0.0662. The van der Waals surface area contributed by atoms with Gasteiger partial charge in [-0.1, -0.05) is 30.3 Å². The van der Waals surface area contributed by atoms with Gasteiger partial charge in [-0.25, -0.2) is 4.98 Å². The highest BCUT2D eigenvalue weighted by Crippen LogP contribution is 2.23. The van der Waals surface area contributed by atoms with E-state index in [0.29, 0.717) is 5.69 Å². The van der Waals surface area contributed by atoms with Crippen molar-refractivity contribution in [1.82, 2.24) is 10.3 Å². The van der Waals surface area contributed by atoms with Gasteiger partial charge < -0.3 is 15.0 Å². The first kappa shape index (κ1) is 19.5. The molecule has 0 unspecified atom stereocenters. The highest BCUT2D eigenvalue weighted by Gasteiger charge is 2.22. The van der Waals surface area contributed by atoms with E-state index in [1.807, 2.05) is 35.7 Å². The van der Waals surface area contributed by atoms with Gasteiger partial charge in [0.15, 0.2) is 0 Å². The number of thiazole rings is 1. The minimum Gasteiger partial charge on any atom is -0.497 e. The van der Waals surface area contributed by atoms with Crippen molar-refractivity contribution in [2.75, 3.05) is 25.1 Å². The van der Waals surface area contributed by atoms with Crippen molar-refractivity contribution >= 4 is 22.9 Å². The standard InChI is InChI=1S/C23H25N3O2S/c1-28-20-9-7-19(8-10-20)26-13-11-18(12-14-26)24-23(27)21-16-29-22(25-21)15-17-5-3-2-4-6-17/h2-10,16,18H,11-15H2,1H3,(H,24,27). The molecule has 1 saturated heterocycles. The summed E-state index contributed by atoms with van der Waals surface area (Å²) in [6, 6.07) is 18.5. The van der Waals surface area contributed by atoms with Crippen LogP contribution in [-0.2, 0) is 6.42 Å². The third-order valence-electron chi connectivity index (χ3n) is 5.25. The van der Waals surface area contributed by atoms with Crippen LogP contribution in [0.3, 0.4) is 0 Å². The number of carbonyl (C=O) groups is 1. The Labute approximate surface area is 175 Å². The van der Waals surface area contributed by atoms with Crippen molar-refractivity contribution in [2.45, 2.75) is 25.3 Å². The van der Waals surface area contributed by atoms with E-state index >= 15 is 0 Å². The molecular weight excluding hydrogens is 382 g/mol. The molecule has 3 aromatic rings. The van der Waals surface area contributed by atoms with Crippen molar-refractivity contribution < 1.29 is 9.53 Å². The second kappa shape index (κ2) is 9.09. The Bertz CT molecular complexity index is 932. The molecule has 5 nitrogen and oxygen atoms in total. The number of rotatable bonds is 6. The molecule has 0 atom stereocenters. The molecule has 2 heterocycles. The first-order chi connectivity index (χ1) is 14.2. The average Bonchev–Trinajstić information content (AvgIpc) is 3.24. The van der Waals surface area contributed by atoms with Gasteiger partial charge in [0.1, 0.15) is 11.4 Å². The van der Waals surface area contributed by atoms with Gasteiger partial charge >= 0.3 is 0 Å². The minimum atomic E-state index is -0.0662. The fourth-order valence-corrected chi connectivity index (χ4v) is 4.41. The van der Waals surface area contributed by atoms with Crippen LogP contribution in [0, 0.1) is 0 Å². The van der Waals surface area contributed by atoms with Crippen LogP contribution < -0.4 is 15.0 Å². The lowest BCUT2D eigenvalue weighted by atomic mass is 10.0. The number of hydrogen-bond donors (Lipinski definition) is 1. The Kier molecular flexibility index (Phi) is 6.10. The normalized spacial score (nSPS) is 14.6. The maximum atomic E-state index is 12.6. The third kappa shape index (κ3) is 4.95. The lowest BCUT2D eigenvalue weighted by Gasteiger charge is -2.33. The first-order valence-electron chi connectivity index (χ1n) is 9.89. The predicted octanol–water partition coefficient (Wildman–Crippen LogP) is 4.14. The van der Waals surface area contributed by atoms with Gasteiger partial charge in [-0.15, -0.1) is 11.3 Å². The topological polar surface area (TPSA) is 54.5 Å². The zero-order valence-corrected chi connectivity index (χ0v) is 17.3. The van der Waals surface area contributed by atoms with Gasteiger partial charge in [0, 0.05) is 36.6 Å². The van der Waals surface area contributed by atoms with Crippen molar-refractivity contribution in [3.05, 3.63) is 76.2 Å². The molecule has 1 N–H and O–H groups in total. The maximum absolute atomic E-state index is 12.6. The quantitative estimate of drug-likeness (QED) is 0.667. The van der Waals surface area contributed by atoms with E-state index in [4.69, 9.17) is 4.74 Å². The van der Waals surface area contributed by atoms with Crippen LogP contribution in [-0.4, -0.2) is 37.1 Å². The number of aromatic nitrogens is 1. The molecule has 29 heavy (non-hydrogen) atoms. The first-order valence-corrected chi connectivity index (χ1v) is 10.8. The largest absolute Gasteiger partial charge is 0.497 e. The number of carbonyl (C=O) groups excluding carboxylic acids is 1. The maximum Gasteiger partial charge on any atom is 0.270 e. The molecule has 6 heteroatoms. The van der Waals surface area contributed by atoms with Crippen LogP contribution in [0.1, 0.15) is 33.9 Å². The summed E-state index contributed by atoms with van der Waals surface area (Å²) in [6.45, 7) is 1.85. The Morgan fingerprint density at radius 2 is 1.86 bits per heavy atom. The Morgan fingerprint density at radius 1 is 1.14 bits per heavy atom. The second-order valence-electron chi connectivity index (χ2n) is 7.22. The third-order valence-corrected chi connectivity index (χ3v) is 6.10. The van der Waals surface area contributed by atoms with Crippen molar-refractivity contribution in [3.8, 4) is 5.75 Å². The highest BCUT2D eigenvalue weighted by atomic mass is 32.1. The summed E-state index contributed by atoms with van der Waals surface area (Å²) >= 11 is 1.54. The molecule has 0 bridgehead atoms. The predicted molar refractivity (Wildman–Crippen MR) is 117 cm³/mol. The summed E-state index contributed by atoms with van der Waals surface area (Å²) < 4.78 is 5.22. The van der Waals surface area contributed by atoms with Crippen LogP contribution >= 0.6 is 11.3 Å². The van der Waals surface area contributed by atoms with Crippen LogP contribution in [0.5, 0.6) is 5.75 Å². The Balaban J connectivity index is 1.28. The van der Waals surface area contributed by atoms with E-state index in [0.717, 1.165) is 43.1 Å². The molecule has 1 aliphatic rings. The van der Waals surface area contributed by atoms with Gasteiger partial charge in [0.25, 0.3) is 5.91 Å². The number of benzene rings is 2. The van der Waals surface area contributed by atoms with Gasteiger partial charge in [-0.05, 0) is 42.7 Å². The monoisotopic (exact) mass is 407 g/mol. The average molecular weight is 408 g/mol. The molecule has 0 aliphatic carbocycles. The molecule has 2 aromatic carbocycles. The number of nitrogens with zero attached hydrogens (tertiary/aromatic N) is 2. The lowest BCUT2D eigenvalue weighted by molar-refractivity contribution is 0.0926. The number of ether oxygens (including phenoxy) is 1. The van der Waals surface area contributed by atoms with Gasteiger partial charge in [-0.3, -0.25) is 4.79 Å². The fraction of sp³-hybridized carbons (Fsp3) is 0.304. The zero-order valence-electron chi connectivity index (χ0n) is 16.5. The fourth-order valence-electron chi connectivity index (χ4n) is 3.60. The SMILES string of the molecule is COc1ccc(N2CCC(NC(=O)c3csc(Cc4ccccc4)n3)CC2)cc1. The van der Waals surface area contributed by atoms with Crippen LogP contribution in [0.4, 0.5) is 5.69 Å². The summed E-state index contributed by atoms with van der Waals surface area (Å²) in [4.78, 5) is 19.5. The Morgan fingerprint density at radius 3 is 2.55 bits per heavy atom. The van der Waals surface area contributed by atoms with Gasteiger partial charge in [0.05, 0.1) is 12.1 Å². The molecular formula is C23H25N3O2S. The van der Waals surface area contributed by atoms with Crippen LogP contribution in [0.2, 0.25) is 0 Å². The molecule has 0 saturated carbocycles. The molecule has 1 aromatic heterocycles. The smallest absolute Gasteiger partial charge is 0.270 e. The molecule has 1 amide bonds. The number of methoxy groups -OCH3 is 1. The van der Waals surface area contributed by atoms with E-state index < -0.39 is 0 Å². The van der Waals surface area contributed by atoms with E-state index in [9.17, 15) is 4.79 Å². The van der Waals surface area contributed by atoms with E-state index in [2.05, 4.69) is 39.5 Å². The summed E-state index contributed by atoms with van der Waals surface area (Å²) in [5, 5.41) is 5.99. The van der Waals surface area contributed by atoms with E-state index in [1.165, 1.54) is 11.3 Å². The molecule has 4 rings (SSSR count). The summed E-state index contributed by atoms with van der Waals surface area (Å²) in [5.41, 5.74) is 2.93. The summed E-state index contributed by atoms with van der Waals surface area (Å²) in [6.07, 6.45) is 2.62. The number of amides is 1. The summed E-state index contributed by atoms with van der Waals surface area (Å²) in [5.74, 6) is 0.800. The van der Waals surface area contributed by atoms with Crippen molar-refractivity contribution in [3.63, 3.8) is 0 Å². The van der Waals surface area contributed by atoms with Crippen LogP contribution in [0.25, 0.3) is 0 Å². The number of anilines is 1. The number of piperidine rings is 1. The Hall–Kier alpha value is -2.86. The van der Waals surface area contributed by atoms with Crippen molar-refractivity contribution in [2.24, 2.45) is 0 Å². The van der Waals surface area contributed by atoms with Crippen LogP contribution in [0.15, 0.2) is 60.0 Å². The van der Waals surface area contributed by atoms with Crippen molar-refractivity contribution in [1.29, 1.82) is 0 Å². The van der Waals surface area contributed by atoms with E-state index in [-0.39, 0.29) is 11.9 Å². The summed E-state index contributed by atoms with van der Waals surface area (Å²) in [7, 11) is 1.68. The molecule has 150 valence electrons. The van der Waals surface area contributed by atoms with E-state index in [1.54, 1.807) is 18.4 Å². The van der Waals surface area contributed by atoms with Gasteiger partial charge in [0.2, 0.25) is 0 Å². The number of hydrogen-bond acceptors (Lipinski definition) is 5.